The van der Waals surface area contributed by atoms with Crippen molar-refractivity contribution in [2.24, 2.45) is 0 Å². The van der Waals surface area contributed by atoms with Crippen LogP contribution in [0.4, 0.5) is 17.1 Å². The van der Waals surface area contributed by atoms with Gasteiger partial charge in [0.1, 0.15) is 23.0 Å². The third-order valence-corrected chi connectivity index (χ3v) is 12.8. The fraction of sp³-hybridized carbons (Fsp3) is 0. The van der Waals surface area contributed by atoms with Crippen molar-refractivity contribution in [3.8, 4) is 45.3 Å². The smallest absolute Gasteiger partial charge is 0.261 e. The Bertz CT molecular complexity index is 3200. The number of ether oxygens (including phenoxy) is 2. The lowest BCUT2D eigenvalue weighted by Crippen LogP contribution is -2.57. The van der Waals surface area contributed by atoms with E-state index in [0.717, 1.165) is 73.2 Å². The maximum atomic E-state index is 7.32. The van der Waals surface area contributed by atoms with E-state index < -0.39 is 0 Å². The molecule has 10 aromatic rings. The van der Waals surface area contributed by atoms with Crippen LogP contribution in [0.2, 0.25) is 0 Å². The first-order chi connectivity index (χ1) is 28.3. The Hall–Kier alpha value is -7.08. The highest BCUT2D eigenvalue weighted by Crippen LogP contribution is 2.49. The lowest BCUT2D eigenvalue weighted by atomic mass is 9.34. The Morgan fingerprint density at radius 2 is 1.07 bits per heavy atom. The average molecular weight is 746 g/mol. The zero-order valence-electron chi connectivity index (χ0n) is 30.7. The SMILES string of the molecule is c1ccc(-c2cc(-c3ccccc3)c3c4c2Oc2cc(N(c5ccccc5)c5cccc6c5sc5ccccc56)ccc2B4c2c(ccc4ccccc24)O3)cc1. The number of benzene rings is 9. The van der Waals surface area contributed by atoms with Gasteiger partial charge < -0.3 is 14.4 Å². The molecule has 2 aliphatic heterocycles. The van der Waals surface area contributed by atoms with Crippen molar-refractivity contribution < 1.29 is 9.47 Å². The molecule has 0 bridgehead atoms. The van der Waals surface area contributed by atoms with Gasteiger partial charge in [-0.25, -0.2) is 0 Å². The molecule has 0 unspecified atom stereocenters. The average Bonchev–Trinajstić information content (AvgIpc) is 3.67. The number of hydrogen-bond donors (Lipinski definition) is 0. The number of anilines is 3. The zero-order chi connectivity index (χ0) is 37.5. The first kappa shape index (κ1) is 32.2. The van der Waals surface area contributed by atoms with Crippen molar-refractivity contribution >= 4 is 82.4 Å². The number of para-hydroxylation sites is 1. The van der Waals surface area contributed by atoms with Gasteiger partial charge in [-0.3, -0.25) is 0 Å². The van der Waals surface area contributed by atoms with Crippen molar-refractivity contribution in [2.75, 3.05) is 4.90 Å². The van der Waals surface area contributed by atoms with Gasteiger partial charge in [0, 0.05) is 49.5 Å². The molecule has 12 rings (SSSR count). The van der Waals surface area contributed by atoms with Crippen LogP contribution in [0.15, 0.2) is 194 Å². The molecule has 0 aliphatic carbocycles. The highest BCUT2D eigenvalue weighted by atomic mass is 32.1. The monoisotopic (exact) mass is 745 g/mol. The minimum atomic E-state index is -0.134. The van der Waals surface area contributed by atoms with E-state index in [-0.39, 0.29) is 6.71 Å². The van der Waals surface area contributed by atoms with Crippen LogP contribution in [-0.4, -0.2) is 6.71 Å². The van der Waals surface area contributed by atoms with E-state index in [9.17, 15) is 0 Å². The highest BCUT2D eigenvalue weighted by Gasteiger charge is 2.44. The standard InChI is InChI=1S/C52H32BNO2S/c1-4-15-33(16-5-1)41-32-42(34-17-6-2-7-18-34)51-49-50(41)55-45-30-27-35-19-10-11-22-38(35)48(45)53(49)43-29-28-37(31-46(43)56-51)54(36-20-8-3-9-21-36)44-25-14-24-40-39-23-12-13-26-47(39)57-52(40)44/h1-32H. The molecule has 0 fully saturated rings. The molecule has 0 spiro atoms. The number of nitrogens with zero attached hydrogens (tertiary/aromatic N) is 1. The second kappa shape index (κ2) is 12.7. The molecule has 5 heteroatoms. The van der Waals surface area contributed by atoms with E-state index in [0.29, 0.717) is 0 Å². The predicted molar refractivity (Wildman–Crippen MR) is 240 cm³/mol. The first-order valence-electron chi connectivity index (χ1n) is 19.4. The van der Waals surface area contributed by atoms with Gasteiger partial charge in [0.05, 0.1) is 10.4 Å². The molecule has 0 amide bonds. The maximum absolute atomic E-state index is 7.32. The summed E-state index contributed by atoms with van der Waals surface area (Å²) in [5.41, 5.74) is 10.9. The summed E-state index contributed by atoms with van der Waals surface area (Å²) in [7, 11) is 0. The molecule has 0 saturated heterocycles. The summed E-state index contributed by atoms with van der Waals surface area (Å²) in [6.45, 7) is -0.134. The summed E-state index contributed by atoms with van der Waals surface area (Å²) in [5, 5.41) is 4.91. The van der Waals surface area contributed by atoms with E-state index in [1.54, 1.807) is 0 Å². The van der Waals surface area contributed by atoms with Gasteiger partial charge in [0.25, 0.3) is 6.71 Å². The summed E-state index contributed by atoms with van der Waals surface area (Å²) in [6, 6.07) is 69.3. The summed E-state index contributed by atoms with van der Waals surface area (Å²) in [6.07, 6.45) is 0. The molecular weight excluding hydrogens is 713 g/mol. The molecule has 0 saturated carbocycles. The second-order valence-corrected chi connectivity index (χ2v) is 15.8. The van der Waals surface area contributed by atoms with E-state index in [1.165, 1.54) is 36.4 Å². The van der Waals surface area contributed by atoms with Crippen molar-refractivity contribution in [3.05, 3.63) is 194 Å². The molecule has 9 aromatic carbocycles. The van der Waals surface area contributed by atoms with E-state index in [4.69, 9.17) is 9.47 Å². The molecule has 3 nitrogen and oxygen atoms in total. The van der Waals surface area contributed by atoms with Crippen LogP contribution < -0.4 is 30.8 Å². The summed E-state index contributed by atoms with van der Waals surface area (Å²) < 4.78 is 16.9. The quantitative estimate of drug-likeness (QED) is 0.164. The van der Waals surface area contributed by atoms with Crippen LogP contribution in [0.25, 0.3) is 53.2 Å². The number of rotatable bonds is 5. The Kier molecular flexibility index (Phi) is 7.19. The molecule has 1 aromatic heterocycles. The number of fused-ring (bicyclic) bond motifs is 9. The lowest BCUT2D eigenvalue weighted by Gasteiger charge is -2.36. The minimum Gasteiger partial charge on any atom is -0.458 e. The third-order valence-electron chi connectivity index (χ3n) is 11.6. The van der Waals surface area contributed by atoms with Gasteiger partial charge in [-0.05, 0) is 75.3 Å². The molecule has 0 N–H and O–H groups in total. The second-order valence-electron chi connectivity index (χ2n) is 14.8. The largest absolute Gasteiger partial charge is 0.458 e. The molecular formula is C52H32BNO2S. The van der Waals surface area contributed by atoms with Gasteiger partial charge >= 0.3 is 0 Å². The topological polar surface area (TPSA) is 21.7 Å². The molecule has 0 radical (unpaired) electrons. The van der Waals surface area contributed by atoms with Crippen LogP contribution >= 0.6 is 11.3 Å². The van der Waals surface area contributed by atoms with Crippen molar-refractivity contribution in [2.45, 2.75) is 0 Å². The molecule has 3 heterocycles. The zero-order valence-corrected chi connectivity index (χ0v) is 31.5. The Morgan fingerprint density at radius 3 is 1.82 bits per heavy atom. The minimum absolute atomic E-state index is 0.134. The van der Waals surface area contributed by atoms with Gasteiger partial charge in [0.15, 0.2) is 0 Å². The van der Waals surface area contributed by atoms with Crippen LogP contribution in [0.5, 0.6) is 23.0 Å². The lowest BCUT2D eigenvalue weighted by molar-refractivity contribution is 0.467. The van der Waals surface area contributed by atoms with Gasteiger partial charge in [0.2, 0.25) is 0 Å². The molecule has 57 heavy (non-hydrogen) atoms. The predicted octanol–water partition coefficient (Wildman–Crippen LogP) is 12.7. The van der Waals surface area contributed by atoms with E-state index in [1.807, 2.05) is 11.3 Å². The van der Waals surface area contributed by atoms with E-state index >= 15 is 0 Å². The van der Waals surface area contributed by atoms with Gasteiger partial charge in [-0.1, -0.05) is 146 Å². The fourth-order valence-electron chi connectivity index (χ4n) is 9.05. The van der Waals surface area contributed by atoms with Crippen LogP contribution in [0.1, 0.15) is 0 Å². The highest BCUT2D eigenvalue weighted by molar-refractivity contribution is 7.26. The van der Waals surface area contributed by atoms with E-state index in [2.05, 4.69) is 199 Å². The summed E-state index contributed by atoms with van der Waals surface area (Å²) >= 11 is 1.84. The van der Waals surface area contributed by atoms with Crippen LogP contribution in [0, 0.1) is 0 Å². The Labute approximate surface area is 334 Å². The fourth-order valence-corrected chi connectivity index (χ4v) is 10.3. The number of hydrogen-bond acceptors (Lipinski definition) is 4. The Balaban J connectivity index is 1.14. The normalized spacial score (nSPS) is 12.5. The van der Waals surface area contributed by atoms with Crippen LogP contribution in [-0.2, 0) is 0 Å². The molecule has 0 atom stereocenters. The van der Waals surface area contributed by atoms with Crippen molar-refractivity contribution in [1.29, 1.82) is 0 Å². The Morgan fingerprint density at radius 1 is 0.439 bits per heavy atom. The number of thiophene rings is 1. The molecule has 2 aliphatic rings. The molecule has 266 valence electrons. The maximum Gasteiger partial charge on any atom is 0.261 e. The van der Waals surface area contributed by atoms with Gasteiger partial charge in [-0.15, -0.1) is 11.3 Å². The van der Waals surface area contributed by atoms with Crippen molar-refractivity contribution in [1.82, 2.24) is 0 Å². The summed E-state index contributed by atoms with van der Waals surface area (Å²) in [5.74, 6) is 3.40. The third kappa shape index (κ3) is 4.99. The van der Waals surface area contributed by atoms with Crippen molar-refractivity contribution in [3.63, 3.8) is 0 Å². The van der Waals surface area contributed by atoms with Gasteiger partial charge in [-0.2, -0.15) is 0 Å². The van der Waals surface area contributed by atoms with Crippen LogP contribution in [0.3, 0.4) is 0 Å². The first-order valence-corrected chi connectivity index (χ1v) is 20.2. The summed E-state index contributed by atoms with van der Waals surface area (Å²) in [4.78, 5) is 2.38.